The zero-order valence-electron chi connectivity index (χ0n) is 16.3. The van der Waals surface area contributed by atoms with Crippen molar-refractivity contribution in [3.05, 3.63) is 70.6 Å². The molecule has 1 aliphatic rings. The number of anilines is 2. The molecule has 0 spiro atoms. The second kappa shape index (κ2) is 8.76. The Morgan fingerprint density at radius 3 is 2.55 bits per heavy atom. The molecule has 29 heavy (non-hydrogen) atoms. The summed E-state index contributed by atoms with van der Waals surface area (Å²) in [7, 11) is 0. The van der Waals surface area contributed by atoms with E-state index in [9.17, 15) is 4.39 Å². The summed E-state index contributed by atoms with van der Waals surface area (Å²) >= 11 is 5.82. The molecular weight excluding hydrogens is 389 g/mol. The van der Waals surface area contributed by atoms with E-state index >= 15 is 0 Å². The van der Waals surface area contributed by atoms with Gasteiger partial charge in [0.15, 0.2) is 5.82 Å². The average Bonchev–Trinajstić information content (AvgIpc) is 2.73. The highest BCUT2D eigenvalue weighted by Gasteiger charge is 2.11. The number of aryl methyl sites for hydroxylation is 1. The molecule has 0 amide bonds. The van der Waals surface area contributed by atoms with E-state index in [1.807, 2.05) is 13.0 Å². The number of halogens is 2. The van der Waals surface area contributed by atoms with Gasteiger partial charge in [0.05, 0.1) is 0 Å². The highest BCUT2D eigenvalue weighted by molar-refractivity contribution is 6.30. The third-order valence-corrected chi connectivity index (χ3v) is 5.17. The van der Waals surface area contributed by atoms with Crippen molar-refractivity contribution in [1.29, 1.82) is 0 Å². The Bertz CT molecular complexity index is 987. The van der Waals surface area contributed by atoms with Gasteiger partial charge in [-0.3, -0.25) is 0 Å². The number of rotatable bonds is 5. The predicted octanol–water partition coefficient (Wildman–Crippen LogP) is 4.27. The molecule has 150 valence electrons. The number of nitrogens with zero attached hydrogens (tertiary/aromatic N) is 3. The van der Waals surface area contributed by atoms with Crippen molar-refractivity contribution in [1.82, 2.24) is 15.3 Å². The molecule has 2 N–H and O–H groups in total. The summed E-state index contributed by atoms with van der Waals surface area (Å²) in [4.78, 5) is 11.5. The smallest absolute Gasteiger partial charge is 0.161 e. The van der Waals surface area contributed by atoms with Gasteiger partial charge in [0.25, 0.3) is 0 Å². The van der Waals surface area contributed by atoms with Crippen LogP contribution in [0.1, 0.15) is 11.3 Å². The molecular formula is C22H23ClFN5. The van der Waals surface area contributed by atoms with E-state index in [0.717, 1.165) is 37.4 Å². The third kappa shape index (κ3) is 4.83. The van der Waals surface area contributed by atoms with Gasteiger partial charge in [-0.1, -0.05) is 17.7 Å². The normalized spacial score (nSPS) is 14.1. The predicted molar refractivity (Wildman–Crippen MR) is 116 cm³/mol. The first kappa shape index (κ1) is 19.6. The summed E-state index contributed by atoms with van der Waals surface area (Å²) in [5, 5.41) is 6.94. The quantitative estimate of drug-likeness (QED) is 0.656. The summed E-state index contributed by atoms with van der Waals surface area (Å²) < 4.78 is 14.0. The van der Waals surface area contributed by atoms with Crippen LogP contribution in [0.2, 0.25) is 5.02 Å². The molecule has 1 aliphatic heterocycles. The van der Waals surface area contributed by atoms with Gasteiger partial charge < -0.3 is 15.5 Å². The fraction of sp³-hybridized carbons (Fsp3) is 0.273. The first-order valence-electron chi connectivity index (χ1n) is 9.68. The lowest BCUT2D eigenvalue weighted by molar-refractivity contribution is 0.589. The molecule has 1 fully saturated rings. The molecule has 7 heteroatoms. The molecule has 4 rings (SSSR count). The Morgan fingerprint density at radius 2 is 1.83 bits per heavy atom. The minimum atomic E-state index is -0.334. The standard InChI is InChI=1S/C22H23ClFN5/c1-15-12-21(26-14-17-2-5-18(23)13-20(17)24)28-22(27-15)16-3-6-19(7-4-16)29-10-8-25-9-11-29/h2-7,12-13,25H,8-11,14H2,1H3,(H,26,27,28). The molecule has 3 aromatic rings. The Morgan fingerprint density at radius 1 is 1.07 bits per heavy atom. The van der Waals surface area contributed by atoms with Crippen molar-refractivity contribution in [2.24, 2.45) is 0 Å². The minimum Gasteiger partial charge on any atom is -0.369 e. The molecule has 1 aromatic heterocycles. The van der Waals surface area contributed by atoms with Gasteiger partial charge in [0.1, 0.15) is 11.6 Å². The number of piperazine rings is 1. The van der Waals surface area contributed by atoms with Crippen LogP contribution in [0.5, 0.6) is 0 Å². The second-order valence-electron chi connectivity index (χ2n) is 7.09. The van der Waals surface area contributed by atoms with Gasteiger partial charge in [-0.25, -0.2) is 14.4 Å². The topological polar surface area (TPSA) is 53.1 Å². The van der Waals surface area contributed by atoms with E-state index in [-0.39, 0.29) is 5.82 Å². The Labute approximate surface area is 174 Å². The lowest BCUT2D eigenvalue weighted by Gasteiger charge is -2.29. The number of hydrogen-bond donors (Lipinski definition) is 2. The van der Waals surface area contributed by atoms with Crippen molar-refractivity contribution >= 4 is 23.1 Å². The van der Waals surface area contributed by atoms with Crippen molar-refractivity contribution in [3.63, 3.8) is 0 Å². The van der Waals surface area contributed by atoms with Crippen molar-refractivity contribution in [3.8, 4) is 11.4 Å². The monoisotopic (exact) mass is 411 g/mol. The molecule has 0 bridgehead atoms. The lowest BCUT2D eigenvalue weighted by atomic mass is 10.1. The number of hydrogen-bond acceptors (Lipinski definition) is 5. The molecule has 1 saturated heterocycles. The molecule has 0 atom stereocenters. The molecule has 0 saturated carbocycles. The molecule has 0 aliphatic carbocycles. The van der Waals surface area contributed by atoms with Crippen LogP contribution in [0.4, 0.5) is 15.9 Å². The largest absolute Gasteiger partial charge is 0.369 e. The SMILES string of the molecule is Cc1cc(NCc2ccc(Cl)cc2F)nc(-c2ccc(N3CCNCC3)cc2)n1. The van der Waals surface area contributed by atoms with Gasteiger partial charge in [0, 0.05) is 66.3 Å². The van der Waals surface area contributed by atoms with E-state index in [0.29, 0.717) is 28.8 Å². The van der Waals surface area contributed by atoms with E-state index in [4.69, 9.17) is 11.6 Å². The summed E-state index contributed by atoms with van der Waals surface area (Å²) in [6.45, 7) is 6.28. The van der Waals surface area contributed by atoms with Gasteiger partial charge in [-0.05, 0) is 43.3 Å². The Kier molecular flexibility index (Phi) is 5.92. The molecule has 0 radical (unpaired) electrons. The average molecular weight is 412 g/mol. The van der Waals surface area contributed by atoms with Crippen LogP contribution in [0.15, 0.2) is 48.5 Å². The zero-order valence-corrected chi connectivity index (χ0v) is 17.0. The highest BCUT2D eigenvalue weighted by atomic mass is 35.5. The maximum atomic E-state index is 14.0. The summed E-state index contributed by atoms with van der Waals surface area (Å²) in [6, 6.07) is 14.9. The van der Waals surface area contributed by atoms with Gasteiger partial charge in [0.2, 0.25) is 0 Å². The third-order valence-electron chi connectivity index (χ3n) is 4.94. The van der Waals surface area contributed by atoms with Crippen molar-refractivity contribution in [2.75, 3.05) is 36.4 Å². The highest BCUT2D eigenvalue weighted by Crippen LogP contribution is 2.23. The number of benzene rings is 2. The lowest BCUT2D eigenvalue weighted by Crippen LogP contribution is -2.43. The van der Waals surface area contributed by atoms with E-state index < -0.39 is 0 Å². The van der Waals surface area contributed by atoms with Crippen LogP contribution in [-0.2, 0) is 6.54 Å². The summed E-state index contributed by atoms with van der Waals surface area (Å²) in [6.07, 6.45) is 0. The fourth-order valence-corrected chi connectivity index (χ4v) is 3.54. The molecule has 5 nitrogen and oxygen atoms in total. The van der Waals surface area contributed by atoms with Crippen LogP contribution in [-0.4, -0.2) is 36.1 Å². The van der Waals surface area contributed by atoms with Crippen molar-refractivity contribution < 1.29 is 4.39 Å². The maximum Gasteiger partial charge on any atom is 0.161 e. The van der Waals surface area contributed by atoms with Crippen LogP contribution in [0.3, 0.4) is 0 Å². The number of aromatic nitrogens is 2. The molecule has 2 aromatic carbocycles. The van der Waals surface area contributed by atoms with E-state index in [2.05, 4.69) is 49.8 Å². The molecule has 2 heterocycles. The van der Waals surface area contributed by atoms with Gasteiger partial charge in [-0.2, -0.15) is 0 Å². The second-order valence-corrected chi connectivity index (χ2v) is 7.53. The first-order valence-corrected chi connectivity index (χ1v) is 10.1. The summed E-state index contributed by atoms with van der Waals surface area (Å²) in [5.41, 5.74) is 3.54. The Hall–Kier alpha value is -2.70. The van der Waals surface area contributed by atoms with Crippen LogP contribution in [0.25, 0.3) is 11.4 Å². The number of nitrogens with one attached hydrogen (secondary N) is 2. The van der Waals surface area contributed by atoms with E-state index in [1.54, 1.807) is 12.1 Å². The summed E-state index contributed by atoms with van der Waals surface area (Å²) in [5.74, 6) is 0.975. The maximum absolute atomic E-state index is 14.0. The van der Waals surface area contributed by atoms with Crippen LogP contribution >= 0.6 is 11.6 Å². The fourth-order valence-electron chi connectivity index (χ4n) is 3.38. The van der Waals surface area contributed by atoms with Crippen molar-refractivity contribution in [2.45, 2.75) is 13.5 Å². The Balaban J connectivity index is 1.50. The van der Waals surface area contributed by atoms with Crippen LogP contribution < -0.4 is 15.5 Å². The van der Waals surface area contributed by atoms with E-state index in [1.165, 1.54) is 11.8 Å². The van der Waals surface area contributed by atoms with Gasteiger partial charge in [-0.15, -0.1) is 0 Å². The van der Waals surface area contributed by atoms with Crippen LogP contribution in [0, 0.1) is 12.7 Å². The minimum absolute atomic E-state index is 0.320. The zero-order chi connectivity index (χ0) is 20.2. The first-order chi connectivity index (χ1) is 14.1. The van der Waals surface area contributed by atoms with Gasteiger partial charge >= 0.3 is 0 Å². The molecule has 0 unspecified atom stereocenters.